The van der Waals surface area contributed by atoms with Crippen LogP contribution in [-0.4, -0.2) is 38.2 Å². The Hall–Kier alpha value is -3.17. The van der Waals surface area contributed by atoms with Crippen LogP contribution in [0.2, 0.25) is 0 Å². The number of rotatable bonds is 3. The molecule has 2 aromatic heterocycles. The number of hydrogen-bond donors (Lipinski definition) is 0. The maximum atomic E-state index is 13.2. The molecule has 3 aromatic rings. The number of amides is 1. The summed E-state index contributed by atoms with van der Waals surface area (Å²) in [6.45, 7) is 0.488. The molecule has 1 aliphatic heterocycles. The summed E-state index contributed by atoms with van der Waals surface area (Å²) in [4.78, 5) is 31.4. The summed E-state index contributed by atoms with van der Waals surface area (Å²) in [6, 6.07) is 6.94. The summed E-state index contributed by atoms with van der Waals surface area (Å²) in [7, 11) is 0. The number of alkyl halides is 3. The van der Waals surface area contributed by atoms with Gasteiger partial charge in [0.05, 0.1) is 16.9 Å². The van der Waals surface area contributed by atoms with E-state index in [1.807, 2.05) is 0 Å². The van der Waals surface area contributed by atoms with Crippen molar-refractivity contribution in [3.05, 3.63) is 58.0 Å². The monoisotopic (exact) mass is 406 g/mol. The van der Waals surface area contributed by atoms with Crippen LogP contribution < -0.4 is 5.56 Å². The molecule has 1 amide bonds. The number of carbonyl (C=O) groups is 1. The lowest BCUT2D eigenvalue weighted by atomic mass is 10.1. The van der Waals surface area contributed by atoms with Crippen molar-refractivity contribution in [1.82, 2.24) is 19.6 Å². The second-order valence-electron chi connectivity index (χ2n) is 6.97. The van der Waals surface area contributed by atoms with Gasteiger partial charge in [-0.2, -0.15) is 13.2 Å². The van der Waals surface area contributed by atoms with Gasteiger partial charge >= 0.3 is 6.18 Å². The van der Waals surface area contributed by atoms with Crippen LogP contribution in [0.5, 0.6) is 0 Å². The highest BCUT2D eigenvalue weighted by atomic mass is 19.4. The molecule has 152 valence electrons. The first-order valence-corrected chi connectivity index (χ1v) is 9.05. The predicted molar refractivity (Wildman–Crippen MR) is 96.3 cm³/mol. The summed E-state index contributed by atoms with van der Waals surface area (Å²) < 4.78 is 45.2. The Morgan fingerprint density at radius 2 is 2.07 bits per heavy atom. The fraction of sp³-hybridized carbons (Fsp3) is 0.368. The Balaban J connectivity index is 1.84. The van der Waals surface area contributed by atoms with E-state index in [0.717, 1.165) is 0 Å². The summed E-state index contributed by atoms with van der Waals surface area (Å²) >= 11 is 0. The second-order valence-corrected chi connectivity index (χ2v) is 6.97. The van der Waals surface area contributed by atoms with Gasteiger partial charge < -0.3 is 9.42 Å². The molecule has 0 spiro atoms. The second kappa shape index (κ2) is 7.02. The third-order valence-electron chi connectivity index (χ3n) is 4.89. The number of halogens is 3. The van der Waals surface area contributed by atoms with E-state index in [-0.39, 0.29) is 16.9 Å². The molecular formula is C19H17F3N4O3. The first-order chi connectivity index (χ1) is 13.7. The molecular weight excluding hydrogens is 389 g/mol. The van der Waals surface area contributed by atoms with Crippen molar-refractivity contribution in [1.29, 1.82) is 0 Å². The van der Waals surface area contributed by atoms with Gasteiger partial charge in [-0.05, 0) is 31.9 Å². The molecule has 10 heteroatoms. The number of likely N-dealkylation sites (tertiary alicyclic amines) is 1. The van der Waals surface area contributed by atoms with E-state index < -0.39 is 30.2 Å². The number of hydrogen-bond acceptors (Lipinski definition) is 5. The standard InChI is InChI=1S/C19H17F3N4O3/c1-11-9-14(24-29-11)18(28)25-8-4-7-15(25)16-23-13-6-3-2-5-12(13)17(27)26(16)10-19(20,21)22/h2-3,5-6,9,15H,4,7-8,10H2,1H3. The molecule has 0 bridgehead atoms. The van der Waals surface area contributed by atoms with E-state index in [4.69, 9.17) is 4.52 Å². The van der Waals surface area contributed by atoms with Crippen LogP contribution in [0.3, 0.4) is 0 Å². The minimum absolute atomic E-state index is 0.0694. The number of carbonyl (C=O) groups excluding carboxylic acids is 1. The summed E-state index contributed by atoms with van der Waals surface area (Å²) in [5.74, 6) is -0.0932. The molecule has 7 nitrogen and oxygen atoms in total. The number of para-hydroxylation sites is 1. The molecule has 3 heterocycles. The lowest BCUT2D eigenvalue weighted by Crippen LogP contribution is -2.38. The average molecular weight is 406 g/mol. The third-order valence-corrected chi connectivity index (χ3v) is 4.89. The van der Waals surface area contributed by atoms with Crippen LogP contribution in [0.15, 0.2) is 39.6 Å². The van der Waals surface area contributed by atoms with E-state index in [0.29, 0.717) is 35.2 Å². The summed E-state index contributed by atoms with van der Waals surface area (Å²) in [6.07, 6.45) is -3.65. The topological polar surface area (TPSA) is 81.2 Å². The Bertz CT molecular complexity index is 1140. The smallest absolute Gasteiger partial charge is 0.361 e. The maximum absolute atomic E-state index is 13.2. The van der Waals surface area contributed by atoms with Crippen LogP contribution in [0.1, 0.15) is 41.0 Å². The van der Waals surface area contributed by atoms with Crippen LogP contribution in [-0.2, 0) is 6.54 Å². The molecule has 29 heavy (non-hydrogen) atoms. The zero-order valence-corrected chi connectivity index (χ0v) is 15.4. The number of aryl methyl sites for hydroxylation is 1. The first kappa shape index (κ1) is 19.2. The number of nitrogens with zero attached hydrogens (tertiary/aromatic N) is 4. The van der Waals surface area contributed by atoms with Gasteiger partial charge in [0.1, 0.15) is 18.1 Å². The van der Waals surface area contributed by atoms with Gasteiger partial charge in [0.15, 0.2) is 5.69 Å². The molecule has 1 fully saturated rings. The van der Waals surface area contributed by atoms with E-state index in [9.17, 15) is 22.8 Å². The van der Waals surface area contributed by atoms with E-state index >= 15 is 0 Å². The van der Waals surface area contributed by atoms with E-state index in [2.05, 4.69) is 10.1 Å². The summed E-state index contributed by atoms with van der Waals surface area (Å²) in [5, 5.41) is 3.80. The molecule has 4 rings (SSSR count). The van der Waals surface area contributed by atoms with Gasteiger partial charge in [0.2, 0.25) is 0 Å². The van der Waals surface area contributed by atoms with Crippen LogP contribution in [0.25, 0.3) is 10.9 Å². The van der Waals surface area contributed by atoms with E-state index in [1.165, 1.54) is 17.0 Å². The Morgan fingerprint density at radius 3 is 2.76 bits per heavy atom. The van der Waals surface area contributed by atoms with Crippen molar-refractivity contribution in [2.75, 3.05) is 6.54 Å². The highest BCUT2D eigenvalue weighted by Crippen LogP contribution is 2.33. The van der Waals surface area contributed by atoms with Gasteiger partial charge in [-0.25, -0.2) is 4.98 Å². The minimum atomic E-state index is -4.61. The molecule has 1 aromatic carbocycles. The lowest BCUT2D eigenvalue weighted by molar-refractivity contribution is -0.141. The molecule has 1 aliphatic rings. The normalized spacial score (nSPS) is 17.2. The zero-order chi connectivity index (χ0) is 20.8. The number of fused-ring (bicyclic) bond motifs is 1. The minimum Gasteiger partial charge on any atom is -0.361 e. The van der Waals surface area contributed by atoms with Crippen LogP contribution in [0, 0.1) is 6.92 Å². The quantitative estimate of drug-likeness (QED) is 0.667. The Kier molecular flexibility index (Phi) is 4.64. The number of aromatic nitrogens is 3. The van der Waals surface area contributed by atoms with Crippen molar-refractivity contribution in [3.63, 3.8) is 0 Å². The van der Waals surface area contributed by atoms with Gasteiger partial charge in [0.25, 0.3) is 11.5 Å². The molecule has 1 unspecified atom stereocenters. The van der Waals surface area contributed by atoms with Crippen molar-refractivity contribution >= 4 is 16.8 Å². The molecule has 0 saturated carbocycles. The predicted octanol–water partition coefficient (Wildman–Crippen LogP) is 3.23. The van der Waals surface area contributed by atoms with Crippen LogP contribution >= 0.6 is 0 Å². The summed E-state index contributed by atoms with van der Waals surface area (Å²) in [5.41, 5.74) is -0.415. The van der Waals surface area contributed by atoms with Crippen LogP contribution in [0.4, 0.5) is 13.2 Å². The lowest BCUT2D eigenvalue weighted by Gasteiger charge is -2.26. The molecule has 0 N–H and O–H groups in total. The fourth-order valence-electron chi connectivity index (χ4n) is 3.66. The SMILES string of the molecule is Cc1cc(C(=O)N2CCCC2c2nc3ccccc3c(=O)n2CC(F)(F)F)no1. The molecule has 1 saturated heterocycles. The average Bonchev–Trinajstić information content (AvgIpc) is 3.31. The highest BCUT2D eigenvalue weighted by molar-refractivity contribution is 5.92. The first-order valence-electron chi connectivity index (χ1n) is 9.05. The molecule has 0 aliphatic carbocycles. The van der Waals surface area contributed by atoms with Gasteiger partial charge in [-0.1, -0.05) is 17.3 Å². The van der Waals surface area contributed by atoms with Crippen molar-refractivity contribution in [2.45, 2.75) is 38.5 Å². The fourth-order valence-corrected chi connectivity index (χ4v) is 3.66. The van der Waals surface area contributed by atoms with Crippen molar-refractivity contribution < 1.29 is 22.5 Å². The van der Waals surface area contributed by atoms with Gasteiger partial charge in [-0.15, -0.1) is 0 Å². The third kappa shape index (κ3) is 3.62. The van der Waals surface area contributed by atoms with Crippen molar-refractivity contribution in [3.8, 4) is 0 Å². The molecule has 0 radical (unpaired) electrons. The number of benzene rings is 1. The maximum Gasteiger partial charge on any atom is 0.406 e. The highest BCUT2D eigenvalue weighted by Gasteiger charge is 2.37. The van der Waals surface area contributed by atoms with Gasteiger partial charge in [-0.3, -0.25) is 14.2 Å². The Morgan fingerprint density at radius 1 is 1.31 bits per heavy atom. The largest absolute Gasteiger partial charge is 0.406 e. The van der Waals surface area contributed by atoms with E-state index in [1.54, 1.807) is 25.1 Å². The zero-order valence-electron chi connectivity index (χ0n) is 15.4. The molecule has 1 atom stereocenters. The van der Waals surface area contributed by atoms with Gasteiger partial charge in [0, 0.05) is 12.6 Å². The van der Waals surface area contributed by atoms with Crippen molar-refractivity contribution in [2.24, 2.45) is 0 Å². The Labute approximate surface area is 162 Å².